The van der Waals surface area contributed by atoms with Crippen molar-refractivity contribution in [1.82, 2.24) is 9.97 Å². The Morgan fingerprint density at radius 2 is 2.07 bits per heavy atom. The van der Waals surface area contributed by atoms with E-state index in [9.17, 15) is 10.1 Å². The number of amides is 1. The van der Waals surface area contributed by atoms with Crippen molar-refractivity contribution in [3.63, 3.8) is 0 Å². The van der Waals surface area contributed by atoms with Crippen molar-refractivity contribution in [1.29, 1.82) is 5.26 Å². The SMILES string of the molecule is Cc1ccc(Cl)cc1NC(=O)CSc1nc(-c2ccccn2)ccc1C#N. The number of rotatable bonds is 5. The van der Waals surface area contributed by atoms with Crippen LogP contribution in [-0.4, -0.2) is 21.6 Å². The van der Waals surface area contributed by atoms with Gasteiger partial charge in [-0.05, 0) is 48.9 Å². The molecule has 0 aliphatic carbocycles. The molecule has 0 saturated carbocycles. The molecule has 3 aromatic rings. The van der Waals surface area contributed by atoms with Crippen LogP contribution in [0.4, 0.5) is 5.69 Å². The minimum absolute atomic E-state index is 0.124. The number of hydrogen-bond acceptors (Lipinski definition) is 5. The second-order valence-electron chi connectivity index (χ2n) is 5.67. The Labute approximate surface area is 166 Å². The number of pyridine rings is 2. The van der Waals surface area contributed by atoms with Crippen LogP contribution in [0.2, 0.25) is 5.02 Å². The van der Waals surface area contributed by atoms with E-state index in [0.29, 0.717) is 32.7 Å². The Morgan fingerprint density at radius 1 is 1.22 bits per heavy atom. The summed E-state index contributed by atoms with van der Waals surface area (Å²) < 4.78 is 0. The van der Waals surface area contributed by atoms with Gasteiger partial charge in [-0.1, -0.05) is 35.5 Å². The van der Waals surface area contributed by atoms with Crippen LogP contribution in [-0.2, 0) is 4.79 Å². The zero-order valence-corrected chi connectivity index (χ0v) is 16.0. The molecule has 0 bridgehead atoms. The van der Waals surface area contributed by atoms with Crippen molar-refractivity contribution in [3.8, 4) is 17.5 Å². The molecule has 0 saturated heterocycles. The highest BCUT2D eigenvalue weighted by atomic mass is 35.5. The molecule has 3 rings (SSSR count). The first kappa shape index (κ1) is 18.9. The summed E-state index contributed by atoms with van der Waals surface area (Å²) in [6, 6.07) is 16.4. The lowest BCUT2D eigenvalue weighted by molar-refractivity contribution is -0.113. The van der Waals surface area contributed by atoms with Crippen LogP contribution in [0.15, 0.2) is 59.8 Å². The summed E-state index contributed by atoms with van der Waals surface area (Å²) in [6.07, 6.45) is 1.68. The number of nitrogens with one attached hydrogen (secondary N) is 1. The molecule has 1 amide bonds. The van der Waals surface area contributed by atoms with Crippen LogP contribution in [0.5, 0.6) is 0 Å². The van der Waals surface area contributed by atoms with E-state index < -0.39 is 0 Å². The number of nitrogens with zero attached hydrogens (tertiary/aromatic N) is 3. The third kappa shape index (κ3) is 4.85. The number of aromatic nitrogens is 2. The molecular formula is C20H15ClN4OS. The van der Waals surface area contributed by atoms with Crippen molar-refractivity contribution in [2.75, 3.05) is 11.1 Å². The largest absolute Gasteiger partial charge is 0.325 e. The zero-order chi connectivity index (χ0) is 19.2. The number of nitriles is 1. The highest BCUT2D eigenvalue weighted by molar-refractivity contribution is 8.00. The van der Waals surface area contributed by atoms with Crippen LogP contribution in [0.3, 0.4) is 0 Å². The van der Waals surface area contributed by atoms with Crippen LogP contribution < -0.4 is 5.32 Å². The van der Waals surface area contributed by atoms with Crippen molar-refractivity contribution >= 4 is 35.0 Å². The van der Waals surface area contributed by atoms with Crippen LogP contribution in [0.1, 0.15) is 11.1 Å². The molecule has 0 spiro atoms. The fourth-order valence-corrected chi connectivity index (χ4v) is 3.29. The van der Waals surface area contributed by atoms with E-state index in [4.69, 9.17) is 11.6 Å². The fourth-order valence-electron chi connectivity index (χ4n) is 2.34. The van der Waals surface area contributed by atoms with Gasteiger partial charge in [-0.25, -0.2) is 4.98 Å². The van der Waals surface area contributed by atoms with Gasteiger partial charge in [0.25, 0.3) is 0 Å². The summed E-state index contributed by atoms with van der Waals surface area (Å²) in [7, 11) is 0. The van der Waals surface area contributed by atoms with Gasteiger partial charge in [-0.3, -0.25) is 9.78 Å². The van der Waals surface area contributed by atoms with Gasteiger partial charge in [-0.15, -0.1) is 0 Å². The van der Waals surface area contributed by atoms with E-state index in [0.717, 1.165) is 5.56 Å². The van der Waals surface area contributed by atoms with E-state index in [2.05, 4.69) is 21.4 Å². The lowest BCUT2D eigenvalue weighted by Crippen LogP contribution is -2.15. The first-order valence-corrected chi connectivity index (χ1v) is 9.44. The van der Waals surface area contributed by atoms with Gasteiger partial charge in [0.15, 0.2) is 0 Å². The maximum atomic E-state index is 12.3. The van der Waals surface area contributed by atoms with E-state index in [-0.39, 0.29) is 11.7 Å². The van der Waals surface area contributed by atoms with Gasteiger partial charge >= 0.3 is 0 Å². The number of hydrogen-bond donors (Lipinski definition) is 1. The van der Waals surface area contributed by atoms with Crippen molar-refractivity contribution in [2.24, 2.45) is 0 Å². The van der Waals surface area contributed by atoms with Gasteiger partial charge in [0.1, 0.15) is 11.1 Å². The third-order valence-electron chi connectivity index (χ3n) is 3.72. The van der Waals surface area contributed by atoms with Gasteiger partial charge < -0.3 is 5.32 Å². The maximum Gasteiger partial charge on any atom is 0.234 e. The summed E-state index contributed by atoms with van der Waals surface area (Å²) in [5.74, 6) is -0.0708. The van der Waals surface area contributed by atoms with Crippen LogP contribution in [0, 0.1) is 18.3 Å². The normalized spacial score (nSPS) is 10.3. The topological polar surface area (TPSA) is 78.7 Å². The first-order chi connectivity index (χ1) is 13.1. The standard InChI is InChI=1S/C20H15ClN4OS/c1-13-5-7-15(21)10-18(13)24-19(26)12-27-20-14(11-22)6-8-17(25-20)16-4-2-3-9-23-16/h2-10H,12H2,1H3,(H,24,26). The molecule has 0 unspecified atom stereocenters. The molecule has 0 radical (unpaired) electrons. The summed E-state index contributed by atoms with van der Waals surface area (Å²) in [4.78, 5) is 21.1. The highest BCUT2D eigenvalue weighted by Gasteiger charge is 2.12. The zero-order valence-electron chi connectivity index (χ0n) is 14.4. The van der Waals surface area contributed by atoms with E-state index >= 15 is 0 Å². The molecule has 1 N–H and O–H groups in total. The Hall–Kier alpha value is -2.88. The van der Waals surface area contributed by atoms with Gasteiger partial charge in [-0.2, -0.15) is 5.26 Å². The average molecular weight is 395 g/mol. The molecular weight excluding hydrogens is 380 g/mol. The number of thioether (sulfide) groups is 1. The molecule has 0 aliphatic heterocycles. The van der Waals surface area contributed by atoms with Crippen molar-refractivity contribution < 1.29 is 4.79 Å². The average Bonchev–Trinajstić information content (AvgIpc) is 2.69. The second kappa shape index (κ2) is 8.67. The van der Waals surface area contributed by atoms with E-state index in [1.54, 1.807) is 30.5 Å². The maximum absolute atomic E-state index is 12.3. The lowest BCUT2D eigenvalue weighted by Gasteiger charge is -2.09. The smallest absolute Gasteiger partial charge is 0.234 e. The molecule has 0 atom stereocenters. The summed E-state index contributed by atoms with van der Waals surface area (Å²) in [5.41, 5.74) is 3.38. The number of carbonyl (C=O) groups excluding carboxylic acids is 1. The first-order valence-electron chi connectivity index (χ1n) is 8.08. The number of aryl methyl sites for hydroxylation is 1. The summed E-state index contributed by atoms with van der Waals surface area (Å²) in [6.45, 7) is 1.89. The second-order valence-corrected chi connectivity index (χ2v) is 7.07. The van der Waals surface area contributed by atoms with E-state index in [1.807, 2.05) is 31.2 Å². The molecule has 5 nitrogen and oxygen atoms in total. The van der Waals surface area contributed by atoms with E-state index in [1.165, 1.54) is 11.8 Å². The number of halogens is 1. The summed E-state index contributed by atoms with van der Waals surface area (Å²) >= 11 is 7.19. The van der Waals surface area contributed by atoms with Gasteiger partial charge in [0, 0.05) is 16.9 Å². The number of carbonyl (C=O) groups is 1. The number of anilines is 1. The van der Waals surface area contributed by atoms with Gasteiger partial charge in [0.2, 0.25) is 5.91 Å². The van der Waals surface area contributed by atoms with Crippen molar-refractivity contribution in [3.05, 3.63) is 70.9 Å². The highest BCUT2D eigenvalue weighted by Crippen LogP contribution is 2.25. The molecule has 0 aliphatic rings. The fraction of sp³-hybridized carbons (Fsp3) is 0.100. The van der Waals surface area contributed by atoms with Crippen LogP contribution >= 0.6 is 23.4 Å². The Bertz CT molecular complexity index is 1020. The monoisotopic (exact) mass is 394 g/mol. The predicted molar refractivity (Wildman–Crippen MR) is 108 cm³/mol. The molecule has 27 heavy (non-hydrogen) atoms. The van der Waals surface area contributed by atoms with Crippen LogP contribution in [0.25, 0.3) is 11.4 Å². The molecule has 2 aromatic heterocycles. The molecule has 134 valence electrons. The summed E-state index contributed by atoms with van der Waals surface area (Å²) in [5, 5.41) is 13.2. The minimum atomic E-state index is -0.195. The molecule has 0 fully saturated rings. The molecule has 7 heteroatoms. The number of benzene rings is 1. The predicted octanol–water partition coefficient (Wildman–Crippen LogP) is 4.71. The Balaban J connectivity index is 1.74. The molecule has 1 aromatic carbocycles. The van der Waals surface area contributed by atoms with Crippen molar-refractivity contribution in [2.45, 2.75) is 11.9 Å². The molecule has 2 heterocycles. The lowest BCUT2D eigenvalue weighted by atomic mass is 10.2. The quantitative estimate of drug-likeness (QED) is 0.634. The third-order valence-corrected chi connectivity index (χ3v) is 4.95. The Morgan fingerprint density at radius 3 is 2.81 bits per heavy atom. The Kier molecular flexibility index (Phi) is 6.07. The minimum Gasteiger partial charge on any atom is -0.325 e. The van der Waals surface area contributed by atoms with Gasteiger partial charge in [0.05, 0.1) is 22.7 Å².